The molecule has 1 rings (SSSR count). The van der Waals surface area contributed by atoms with Gasteiger partial charge in [-0.3, -0.25) is 11.3 Å². The molecule has 1 unspecified atom stereocenters. The van der Waals surface area contributed by atoms with Gasteiger partial charge in [0.15, 0.2) is 0 Å². The normalized spacial score (nSPS) is 13.3. The third-order valence-electron chi connectivity index (χ3n) is 3.44. The van der Waals surface area contributed by atoms with Crippen molar-refractivity contribution >= 4 is 0 Å². The zero-order valence-corrected chi connectivity index (χ0v) is 12.4. The van der Waals surface area contributed by atoms with Gasteiger partial charge in [-0.1, -0.05) is 12.1 Å². The second kappa shape index (κ2) is 7.48. The number of nitrogens with two attached hydrogens (primary N) is 1. The van der Waals surface area contributed by atoms with Gasteiger partial charge in [-0.25, -0.2) is 0 Å². The SMILES string of the molecule is CCOC(C)(C)C(CCc1ccc(OC)cc1)NN. The van der Waals surface area contributed by atoms with E-state index in [1.54, 1.807) is 7.11 Å². The van der Waals surface area contributed by atoms with Crippen LogP contribution in [0.5, 0.6) is 5.75 Å². The number of hydrogen-bond donors (Lipinski definition) is 2. The molecule has 0 aliphatic carbocycles. The Bertz CT molecular complexity index is 363. The van der Waals surface area contributed by atoms with E-state index >= 15 is 0 Å². The lowest BCUT2D eigenvalue weighted by Gasteiger charge is -2.33. The third kappa shape index (κ3) is 4.82. The van der Waals surface area contributed by atoms with Crippen LogP contribution in [-0.2, 0) is 11.2 Å². The molecular weight excluding hydrogens is 240 g/mol. The number of hydrogen-bond acceptors (Lipinski definition) is 4. The predicted octanol–water partition coefficient (Wildman–Crippen LogP) is 2.27. The highest BCUT2D eigenvalue weighted by atomic mass is 16.5. The van der Waals surface area contributed by atoms with Crippen LogP contribution < -0.4 is 16.0 Å². The summed E-state index contributed by atoms with van der Waals surface area (Å²) >= 11 is 0. The van der Waals surface area contributed by atoms with Gasteiger partial charge in [0.2, 0.25) is 0 Å². The molecule has 0 bridgehead atoms. The highest BCUT2D eigenvalue weighted by Gasteiger charge is 2.28. The first kappa shape index (κ1) is 16.0. The molecule has 0 radical (unpaired) electrons. The molecule has 0 aliphatic rings. The first-order valence-electron chi connectivity index (χ1n) is 6.76. The fourth-order valence-corrected chi connectivity index (χ4v) is 2.21. The number of ether oxygens (including phenoxy) is 2. The van der Waals surface area contributed by atoms with Crippen molar-refractivity contribution < 1.29 is 9.47 Å². The standard InChI is InChI=1S/C15H26N2O2/c1-5-19-15(2,3)14(17-16)11-8-12-6-9-13(18-4)10-7-12/h6-7,9-10,14,17H,5,8,11,16H2,1-4H3. The maximum absolute atomic E-state index is 5.74. The second-order valence-electron chi connectivity index (χ2n) is 5.14. The second-order valence-corrected chi connectivity index (χ2v) is 5.14. The molecule has 1 aromatic rings. The van der Waals surface area contributed by atoms with Crippen molar-refractivity contribution in [3.05, 3.63) is 29.8 Å². The molecule has 0 amide bonds. The van der Waals surface area contributed by atoms with Gasteiger partial charge >= 0.3 is 0 Å². The number of rotatable bonds is 8. The molecule has 4 heteroatoms. The van der Waals surface area contributed by atoms with E-state index in [4.69, 9.17) is 15.3 Å². The van der Waals surface area contributed by atoms with Crippen LogP contribution in [-0.4, -0.2) is 25.4 Å². The van der Waals surface area contributed by atoms with E-state index in [-0.39, 0.29) is 11.6 Å². The summed E-state index contributed by atoms with van der Waals surface area (Å²) in [6.07, 6.45) is 1.88. The highest BCUT2D eigenvalue weighted by Crippen LogP contribution is 2.20. The predicted molar refractivity (Wildman–Crippen MR) is 78.1 cm³/mol. The topological polar surface area (TPSA) is 56.5 Å². The van der Waals surface area contributed by atoms with E-state index in [2.05, 4.69) is 31.4 Å². The molecule has 4 nitrogen and oxygen atoms in total. The van der Waals surface area contributed by atoms with Gasteiger partial charge in [-0.15, -0.1) is 0 Å². The Morgan fingerprint density at radius 1 is 1.26 bits per heavy atom. The van der Waals surface area contributed by atoms with Crippen molar-refractivity contribution in [2.24, 2.45) is 5.84 Å². The van der Waals surface area contributed by atoms with E-state index < -0.39 is 0 Å². The summed E-state index contributed by atoms with van der Waals surface area (Å²) in [7, 11) is 1.67. The van der Waals surface area contributed by atoms with Crippen molar-refractivity contribution in [2.75, 3.05) is 13.7 Å². The number of benzene rings is 1. The smallest absolute Gasteiger partial charge is 0.118 e. The Morgan fingerprint density at radius 2 is 1.89 bits per heavy atom. The lowest BCUT2D eigenvalue weighted by molar-refractivity contribution is -0.0400. The fraction of sp³-hybridized carbons (Fsp3) is 0.600. The van der Waals surface area contributed by atoms with Crippen LogP contribution in [0.4, 0.5) is 0 Å². The molecule has 19 heavy (non-hydrogen) atoms. The summed E-state index contributed by atoms with van der Waals surface area (Å²) in [6.45, 7) is 6.82. The van der Waals surface area contributed by atoms with Crippen LogP contribution in [0.2, 0.25) is 0 Å². The van der Waals surface area contributed by atoms with E-state index in [0.29, 0.717) is 6.61 Å². The van der Waals surface area contributed by atoms with Gasteiger partial charge in [-0.05, 0) is 51.3 Å². The van der Waals surface area contributed by atoms with E-state index in [1.807, 2.05) is 19.1 Å². The Labute approximate surface area is 116 Å². The quantitative estimate of drug-likeness (QED) is 0.560. The Balaban J connectivity index is 2.57. The monoisotopic (exact) mass is 266 g/mol. The summed E-state index contributed by atoms with van der Waals surface area (Å²) in [5, 5.41) is 0. The Kier molecular flexibility index (Phi) is 6.28. The van der Waals surface area contributed by atoms with Crippen LogP contribution >= 0.6 is 0 Å². The van der Waals surface area contributed by atoms with Crippen molar-refractivity contribution in [2.45, 2.75) is 45.3 Å². The molecule has 0 saturated heterocycles. The van der Waals surface area contributed by atoms with E-state index in [1.165, 1.54) is 5.56 Å². The minimum Gasteiger partial charge on any atom is -0.497 e. The maximum atomic E-state index is 5.74. The summed E-state index contributed by atoms with van der Waals surface area (Å²) in [4.78, 5) is 0. The molecule has 0 fully saturated rings. The maximum Gasteiger partial charge on any atom is 0.118 e. The van der Waals surface area contributed by atoms with Crippen LogP contribution in [0.25, 0.3) is 0 Å². The lowest BCUT2D eigenvalue weighted by atomic mass is 9.93. The van der Waals surface area contributed by atoms with E-state index in [0.717, 1.165) is 18.6 Å². The molecule has 1 atom stereocenters. The fourth-order valence-electron chi connectivity index (χ4n) is 2.21. The summed E-state index contributed by atoms with van der Waals surface area (Å²) in [5.41, 5.74) is 3.87. The molecule has 0 aromatic heterocycles. The molecule has 0 heterocycles. The van der Waals surface area contributed by atoms with E-state index in [9.17, 15) is 0 Å². The van der Waals surface area contributed by atoms with Gasteiger partial charge in [0.25, 0.3) is 0 Å². The molecule has 3 N–H and O–H groups in total. The number of methoxy groups -OCH3 is 1. The minimum atomic E-state index is -0.268. The molecule has 1 aromatic carbocycles. The van der Waals surface area contributed by atoms with Crippen LogP contribution in [0, 0.1) is 0 Å². The molecule has 0 aliphatic heterocycles. The average molecular weight is 266 g/mol. The summed E-state index contributed by atoms with van der Waals surface area (Å²) in [6, 6.07) is 8.25. The first-order valence-corrected chi connectivity index (χ1v) is 6.76. The zero-order valence-electron chi connectivity index (χ0n) is 12.4. The Hall–Kier alpha value is -1.10. The highest BCUT2D eigenvalue weighted by molar-refractivity contribution is 5.27. The molecule has 108 valence electrons. The Morgan fingerprint density at radius 3 is 2.37 bits per heavy atom. The summed E-state index contributed by atoms with van der Waals surface area (Å²) < 4.78 is 10.9. The van der Waals surface area contributed by atoms with Crippen LogP contribution in [0.3, 0.4) is 0 Å². The minimum absolute atomic E-state index is 0.120. The number of hydrazine groups is 1. The van der Waals surface area contributed by atoms with Crippen molar-refractivity contribution in [3.63, 3.8) is 0 Å². The largest absolute Gasteiger partial charge is 0.497 e. The molecule has 0 spiro atoms. The van der Waals surface area contributed by atoms with Crippen LogP contribution in [0.1, 0.15) is 32.8 Å². The first-order chi connectivity index (χ1) is 9.03. The molecule has 0 saturated carbocycles. The number of nitrogens with one attached hydrogen (secondary N) is 1. The third-order valence-corrected chi connectivity index (χ3v) is 3.44. The summed E-state index contributed by atoms with van der Waals surface area (Å²) in [5.74, 6) is 6.53. The van der Waals surface area contributed by atoms with Gasteiger partial charge < -0.3 is 9.47 Å². The average Bonchev–Trinajstić information content (AvgIpc) is 2.39. The zero-order chi connectivity index (χ0) is 14.3. The van der Waals surface area contributed by atoms with Gasteiger partial charge in [0.1, 0.15) is 5.75 Å². The van der Waals surface area contributed by atoms with Crippen LogP contribution in [0.15, 0.2) is 24.3 Å². The van der Waals surface area contributed by atoms with Gasteiger partial charge in [0, 0.05) is 12.6 Å². The number of aryl methyl sites for hydroxylation is 1. The molecular formula is C15H26N2O2. The lowest BCUT2D eigenvalue weighted by Crippen LogP contribution is -2.51. The van der Waals surface area contributed by atoms with Gasteiger partial charge in [0.05, 0.1) is 12.7 Å². The van der Waals surface area contributed by atoms with Gasteiger partial charge in [-0.2, -0.15) is 0 Å². The van der Waals surface area contributed by atoms with Crippen molar-refractivity contribution in [1.29, 1.82) is 0 Å². The van der Waals surface area contributed by atoms with Crippen molar-refractivity contribution in [3.8, 4) is 5.75 Å². The van der Waals surface area contributed by atoms with Crippen molar-refractivity contribution in [1.82, 2.24) is 5.43 Å².